The first-order chi connectivity index (χ1) is 9.20. The summed E-state index contributed by atoms with van der Waals surface area (Å²) in [6.07, 6.45) is 0.686. The molecule has 0 fully saturated rings. The Bertz CT molecular complexity index is 563. The van der Waals surface area contributed by atoms with Crippen LogP contribution in [-0.4, -0.2) is 17.6 Å². The third-order valence-corrected chi connectivity index (χ3v) is 2.78. The first-order valence-corrected chi connectivity index (χ1v) is 6.19. The number of nitrogens with zero attached hydrogens (tertiary/aromatic N) is 1. The van der Waals surface area contributed by atoms with Crippen molar-refractivity contribution < 1.29 is 9.32 Å². The van der Waals surface area contributed by atoms with Crippen LogP contribution in [0.4, 0.5) is 0 Å². The van der Waals surface area contributed by atoms with Crippen LogP contribution in [-0.2, 0) is 13.0 Å². The molecule has 0 unspecified atom stereocenters. The zero-order chi connectivity index (χ0) is 13.7. The van der Waals surface area contributed by atoms with Gasteiger partial charge in [-0.2, -0.15) is 0 Å². The lowest BCUT2D eigenvalue weighted by molar-refractivity contribution is 0.0946. The SMILES string of the molecule is Cc1cc(CNC(=O)c2ccccc2CCN)on1. The van der Waals surface area contributed by atoms with Gasteiger partial charge in [-0.1, -0.05) is 23.4 Å². The second kappa shape index (κ2) is 6.15. The molecule has 1 heterocycles. The van der Waals surface area contributed by atoms with Crippen molar-refractivity contribution in [1.82, 2.24) is 10.5 Å². The molecule has 1 aromatic carbocycles. The number of rotatable bonds is 5. The molecule has 3 N–H and O–H groups in total. The molecular weight excluding hydrogens is 242 g/mol. The van der Waals surface area contributed by atoms with Gasteiger partial charge in [0, 0.05) is 11.6 Å². The summed E-state index contributed by atoms with van der Waals surface area (Å²) in [7, 11) is 0. The van der Waals surface area contributed by atoms with E-state index in [1.54, 1.807) is 12.1 Å². The van der Waals surface area contributed by atoms with Gasteiger partial charge in [0.05, 0.1) is 12.2 Å². The van der Waals surface area contributed by atoms with Gasteiger partial charge >= 0.3 is 0 Å². The lowest BCUT2D eigenvalue weighted by Crippen LogP contribution is -2.24. The lowest BCUT2D eigenvalue weighted by atomic mass is 10.0. The number of benzene rings is 1. The van der Waals surface area contributed by atoms with Crippen LogP contribution in [0, 0.1) is 6.92 Å². The Morgan fingerprint density at radius 3 is 2.89 bits per heavy atom. The van der Waals surface area contributed by atoms with Crippen molar-refractivity contribution in [3.8, 4) is 0 Å². The molecule has 0 saturated heterocycles. The Labute approximate surface area is 111 Å². The maximum Gasteiger partial charge on any atom is 0.251 e. The molecule has 19 heavy (non-hydrogen) atoms. The van der Waals surface area contributed by atoms with E-state index in [0.717, 1.165) is 11.3 Å². The van der Waals surface area contributed by atoms with Gasteiger partial charge in [0.25, 0.3) is 5.91 Å². The van der Waals surface area contributed by atoms with E-state index < -0.39 is 0 Å². The molecule has 0 aliphatic carbocycles. The van der Waals surface area contributed by atoms with Gasteiger partial charge in [-0.25, -0.2) is 0 Å². The monoisotopic (exact) mass is 259 g/mol. The fourth-order valence-corrected chi connectivity index (χ4v) is 1.88. The van der Waals surface area contributed by atoms with Crippen molar-refractivity contribution in [2.45, 2.75) is 19.9 Å². The fraction of sp³-hybridized carbons (Fsp3) is 0.286. The lowest BCUT2D eigenvalue weighted by Gasteiger charge is -2.08. The molecule has 0 saturated carbocycles. The highest BCUT2D eigenvalue weighted by Crippen LogP contribution is 2.10. The molecular formula is C14H17N3O2. The van der Waals surface area contributed by atoms with E-state index >= 15 is 0 Å². The normalized spacial score (nSPS) is 10.4. The molecule has 5 heteroatoms. The van der Waals surface area contributed by atoms with Crippen LogP contribution < -0.4 is 11.1 Å². The van der Waals surface area contributed by atoms with Crippen molar-refractivity contribution in [3.05, 3.63) is 52.9 Å². The zero-order valence-electron chi connectivity index (χ0n) is 10.8. The van der Waals surface area contributed by atoms with Gasteiger partial charge in [0.15, 0.2) is 5.76 Å². The Hall–Kier alpha value is -2.14. The Balaban J connectivity index is 2.03. The van der Waals surface area contributed by atoms with E-state index in [2.05, 4.69) is 10.5 Å². The largest absolute Gasteiger partial charge is 0.359 e. The molecule has 100 valence electrons. The smallest absolute Gasteiger partial charge is 0.251 e. The first-order valence-electron chi connectivity index (χ1n) is 6.19. The maximum absolute atomic E-state index is 12.1. The van der Waals surface area contributed by atoms with Crippen LogP contribution in [0.2, 0.25) is 0 Å². The van der Waals surface area contributed by atoms with Crippen LogP contribution in [0.15, 0.2) is 34.9 Å². The minimum Gasteiger partial charge on any atom is -0.359 e. The maximum atomic E-state index is 12.1. The summed E-state index contributed by atoms with van der Waals surface area (Å²) >= 11 is 0. The highest BCUT2D eigenvalue weighted by atomic mass is 16.5. The molecule has 5 nitrogen and oxygen atoms in total. The molecule has 2 aromatic rings. The predicted octanol–water partition coefficient (Wildman–Crippen LogP) is 1.41. The first kappa shape index (κ1) is 13.3. The number of aromatic nitrogens is 1. The van der Waals surface area contributed by atoms with Crippen LogP contribution in [0.5, 0.6) is 0 Å². The van der Waals surface area contributed by atoms with Gasteiger partial charge in [-0.15, -0.1) is 0 Å². The minimum absolute atomic E-state index is 0.127. The summed E-state index contributed by atoms with van der Waals surface area (Å²) in [5.74, 6) is 0.514. The number of hydrogen-bond donors (Lipinski definition) is 2. The molecule has 0 atom stereocenters. The van der Waals surface area contributed by atoms with Crippen LogP contribution in [0.25, 0.3) is 0 Å². The van der Waals surface area contributed by atoms with E-state index in [9.17, 15) is 4.79 Å². The number of hydrogen-bond acceptors (Lipinski definition) is 4. The van der Waals surface area contributed by atoms with Gasteiger partial charge < -0.3 is 15.6 Å². The summed E-state index contributed by atoms with van der Waals surface area (Å²) < 4.78 is 5.04. The van der Waals surface area contributed by atoms with E-state index in [0.29, 0.717) is 30.8 Å². The second-order valence-corrected chi connectivity index (χ2v) is 4.31. The van der Waals surface area contributed by atoms with Crippen LogP contribution in [0.1, 0.15) is 27.4 Å². The molecule has 0 radical (unpaired) electrons. The van der Waals surface area contributed by atoms with Crippen molar-refractivity contribution in [3.63, 3.8) is 0 Å². The summed E-state index contributed by atoms with van der Waals surface area (Å²) in [5, 5.41) is 6.59. The van der Waals surface area contributed by atoms with Crippen molar-refractivity contribution in [1.29, 1.82) is 0 Å². The van der Waals surface area contributed by atoms with E-state index in [-0.39, 0.29) is 5.91 Å². The van der Waals surface area contributed by atoms with Gasteiger partial charge in [-0.05, 0) is 31.5 Å². The summed E-state index contributed by atoms with van der Waals surface area (Å²) in [5.41, 5.74) is 7.95. The molecule has 0 spiro atoms. The Morgan fingerprint density at radius 2 is 2.21 bits per heavy atom. The highest BCUT2D eigenvalue weighted by Gasteiger charge is 2.11. The third kappa shape index (κ3) is 3.42. The molecule has 0 aliphatic heterocycles. The second-order valence-electron chi connectivity index (χ2n) is 4.31. The zero-order valence-corrected chi connectivity index (χ0v) is 10.8. The predicted molar refractivity (Wildman–Crippen MR) is 71.6 cm³/mol. The molecule has 2 rings (SSSR count). The number of carbonyl (C=O) groups excluding carboxylic acids is 1. The fourth-order valence-electron chi connectivity index (χ4n) is 1.88. The molecule has 0 bridgehead atoms. The number of nitrogens with one attached hydrogen (secondary N) is 1. The molecule has 1 aromatic heterocycles. The van der Waals surface area contributed by atoms with E-state index in [4.69, 9.17) is 10.3 Å². The van der Waals surface area contributed by atoms with Gasteiger partial charge in [0.2, 0.25) is 0 Å². The molecule has 0 aliphatic rings. The third-order valence-electron chi connectivity index (χ3n) is 2.78. The van der Waals surface area contributed by atoms with Gasteiger partial charge in [0.1, 0.15) is 0 Å². The minimum atomic E-state index is -0.127. The Morgan fingerprint density at radius 1 is 1.42 bits per heavy atom. The van der Waals surface area contributed by atoms with E-state index in [1.807, 2.05) is 25.1 Å². The Kier molecular flexibility index (Phi) is 4.30. The highest BCUT2D eigenvalue weighted by molar-refractivity contribution is 5.95. The number of nitrogens with two attached hydrogens (primary N) is 1. The van der Waals surface area contributed by atoms with Gasteiger partial charge in [-0.3, -0.25) is 4.79 Å². The summed E-state index contributed by atoms with van der Waals surface area (Å²) in [6.45, 7) is 2.69. The molecule has 1 amide bonds. The summed E-state index contributed by atoms with van der Waals surface area (Å²) in [6, 6.07) is 9.26. The summed E-state index contributed by atoms with van der Waals surface area (Å²) in [4.78, 5) is 12.1. The average Bonchev–Trinajstić information content (AvgIpc) is 2.83. The topological polar surface area (TPSA) is 81.2 Å². The number of amides is 1. The average molecular weight is 259 g/mol. The van der Waals surface area contributed by atoms with Crippen LogP contribution in [0.3, 0.4) is 0 Å². The van der Waals surface area contributed by atoms with Crippen molar-refractivity contribution >= 4 is 5.91 Å². The number of carbonyl (C=O) groups is 1. The number of aryl methyl sites for hydroxylation is 1. The standard InChI is InChI=1S/C14H17N3O2/c1-10-8-12(19-17-10)9-16-14(18)13-5-3-2-4-11(13)6-7-15/h2-5,8H,6-7,9,15H2,1H3,(H,16,18). The van der Waals surface area contributed by atoms with Crippen molar-refractivity contribution in [2.75, 3.05) is 6.54 Å². The van der Waals surface area contributed by atoms with Crippen molar-refractivity contribution in [2.24, 2.45) is 5.73 Å². The van der Waals surface area contributed by atoms with E-state index in [1.165, 1.54) is 0 Å². The van der Waals surface area contributed by atoms with Crippen LogP contribution >= 0.6 is 0 Å². The quantitative estimate of drug-likeness (QED) is 0.850.